The minimum atomic E-state index is -0.833. The smallest absolute Gasteiger partial charge is 0.123 e. The molecule has 2 rings (SSSR count). The zero-order valence-corrected chi connectivity index (χ0v) is 12.5. The molecule has 90 valence electrons. The second-order valence-electron chi connectivity index (χ2n) is 3.57. The summed E-state index contributed by atoms with van der Waals surface area (Å²) in [5.41, 5.74) is 1.29. The molecule has 0 saturated carbocycles. The normalized spacial score (nSPS) is 12.8. The molecular formula is C11H9Cl2IN2O. The molecule has 0 aliphatic heterocycles. The molecule has 0 aliphatic carbocycles. The number of hydrogen-bond donors (Lipinski definition) is 1. The van der Waals surface area contributed by atoms with Gasteiger partial charge in [-0.15, -0.1) is 0 Å². The first-order chi connectivity index (χ1) is 8.00. The van der Waals surface area contributed by atoms with Gasteiger partial charge in [0.05, 0.1) is 16.9 Å². The summed E-state index contributed by atoms with van der Waals surface area (Å²) in [5.74, 6) is 0. The molecule has 1 N–H and O–H groups in total. The van der Waals surface area contributed by atoms with Crippen molar-refractivity contribution in [1.82, 2.24) is 9.78 Å². The van der Waals surface area contributed by atoms with Crippen LogP contribution in [0.4, 0.5) is 0 Å². The van der Waals surface area contributed by atoms with Crippen LogP contribution in [0.1, 0.15) is 17.4 Å². The maximum absolute atomic E-state index is 10.3. The molecule has 0 radical (unpaired) electrons. The van der Waals surface area contributed by atoms with Gasteiger partial charge in [0.25, 0.3) is 0 Å². The third-order valence-electron chi connectivity index (χ3n) is 2.45. The SMILES string of the molecule is Cn1ncc(Cl)c1C(O)c1cc(Cl)ccc1I. The lowest BCUT2D eigenvalue weighted by Crippen LogP contribution is -2.08. The van der Waals surface area contributed by atoms with E-state index in [9.17, 15) is 5.11 Å². The van der Waals surface area contributed by atoms with E-state index in [1.54, 1.807) is 23.9 Å². The van der Waals surface area contributed by atoms with Crippen molar-refractivity contribution in [2.24, 2.45) is 7.05 Å². The number of aryl methyl sites for hydroxylation is 1. The summed E-state index contributed by atoms with van der Waals surface area (Å²) in [5, 5.41) is 15.4. The maximum atomic E-state index is 10.3. The van der Waals surface area contributed by atoms with Crippen LogP contribution < -0.4 is 0 Å². The fourth-order valence-electron chi connectivity index (χ4n) is 1.60. The van der Waals surface area contributed by atoms with Crippen LogP contribution in [0.3, 0.4) is 0 Å². The Morgan fingerprint density at radius 2 is 2.12 bits per heavy atom. The number of aliphatic hydroxyl groups is 1. The molecule has 0 fully saturated rings. The molecule has 0 aliphatic rings. The van der Waals surface area contributed by atoms with E-state index in [2.05, 4.69) is 27.7 Å². The molecule has 3 nitrogen and oxygen atoms in total. The lowest BCUT2D eigenvalue weighted by molar-refractivity contribution is 0.209. The van der Waals surface area contributed by atoms with Crippen molar-refractivity contribution in [1.29, 1.82) is 0 Å². The summed E-state index contributed by atoms with van der Waals surface area (Å²) in [6.07, 6.45) is 0.679. The summed E-state index contributed by atoms with van der Waals surface area (Å²) >= 11 is 14.1. The van der Waals surface area contributed by atoms with Crippen LogP contribution in [0.2, 0.25) is 10.0 Å². The first-order valence-electron chi connectivity index (χ1n) is 4.81. The summed E-state index contributed by atoms with van der Waals surface area (Å²) in [4.78, 5) is 0. The molecule has 2 aromatic rings. The Balaban J connectivity index is 2.50. The average molecular weight is 383 g/mol. The quantitative estimate of drug-likeness (QED) is 0.808. The van der Waals surface area contributed by atoms with Crippen LogP contribution in [0.15, 0.2) is 24.4 Å². The van der Waals surface area contributed by atoms with Crippen LogP contribution in [0, 0.1) is 3.57 Å². The summed E-state index contributed by atoms with van der Waals surface area (Å²) in [7, 11) is 1.74. The number of rotatable bonds is 2. The van der Waals surface area contributed by atoms with E-state index in [-0.39, 0.29) is 0 Å². The maximum Gasteiger partial charge on any atom is 0.123 e. The van der Waals surface area contributed by atoms with Gasteiger partial charge < -0.3 is 5.11 Å². The largest absolute Gasteiger partial charge is 0.382 e. The molecule has 0 amide bonds. The van der Waals surface area contributed by atoms with Crippen molar-refractivity contribution in [3.8, 4) is 0 Å². The van der Waals surface area contributed by atoms with Crippen LogP contribution in [0.5, 0.6) is 0 Å². The van der Waals surface area contributed by atoms with Crippen molar-refractivity contribution in [2.75, 3.05) is 0 Å². The van der Waals surface area contributed by atoms with E-state index in [0.717, 1.165) is 9.13 Å². The third-order valence-corrected chi connectivity index (χ3v) is 3.96. The van der Waals surface area contributed by atoms with Crippen LogP contribution in [0.25, 0.3) is 0 Å². The van der Waals surface area contributed by atoms with Gasteiger partial charge in [0.1, 0.15) is 6.10 Å². The predicted octanol–water partition coefficient (Wildman–Crippen LogP) is 3.41. The van der Waals surface area contributed by atoms with Gasteiger partial charge in [0, 0.05) is 21.2 Å². The predicted molar refractivity (Wildman–Crippen MR) is 76.4 cm³/mol. The van der Waals surface area contributed by atoms with Crippen molar-refractivity contribution in [3.63, 3.8) is 0 Å². The van der Waals surface area contributed by atoms with E-state index in [4.69, 9.17) is 23.2 Å². The number of hydrogen-bond acceptors (Lipinski definition) is 2. The molecule has 1 unspecified atom stereocenters. The van der Waals surface area contributed by atoms with E-state index >= 15 is 0 Å². The Morgan fingerprint density at radius 1 is 1.41 bits per heavy atom. The molecule has 17 heavy (non-hydrogen) atoms. The highest BCUT2D eigenvalue weighted by molar-refractivity contribution is 14.1. The van der Waals surface area contributed by atoms with Crippen molar-refractivity contribution >= 4 is 45.8 Å². The van der Waals surface area contributed by atoms with Crippen molar-refractivity contribution in [3.05, 3.63) is 49.3 Å². The fraction of sp³-hybridized carbons (Fsp3) is 0.182. The van der Waals surface area contributed by atoms with E-state index in [1.807, 2.05) is 6.07 Å². The van der Waals surface area contributed by atoms with Gasteiger partial charge in [-0.1, -0.05) is 23.2 Å². The van der Waals surface area contributed by atoms with Crippen LogP contribution in [-0.4, -0.2) is 14.9 Å². The van der Waals surface area contributed by atoms with Gasteiger partial charge in [0.2, 0.25) is 0 Å². The number of aliphatic hydroxyl groups excluding tert-OH is 1. The van der Waals surface area contributed by atoms with E-state index in [1.165, 1.54) is 6.20 Å². The molecule has 0 bridgehead atoms. The van der Waals surface area contributed by atoms with Crippen LogP contribution >= 0.6 is 45.8 Å². The minimum absolute atomic E-state index is 0.441. The lowest BCUT2D eigenvalue weighted by Gasteiger charge is -2.14. The van der Waals surface area contributed by atoms with Crippen LogP contribution in [-0.2, 0) is 7.05 Å². The first kappa shape index (κ1) is 13.1. The Labute approximate surface area is 122 Å². The number of aromatic nitrogens is 2. The second-order valence-corrected chi connectivity index (χ2v) is 5.58. The highest BCUT2D eigenvalue weighted by Gasteiger charge is 2.20. The Hall–Kier alpha value is -0.300. The number of halogens is 3. The number of nitrogens with zero attached hydrogens (tertiary/aromatic N) is 2. The van der Waals surface area contributed by atoms with Crippen molar-refractivity contribution < 1.29 is 5.11 Å². The molecule has 0 spiro atoms. The molecule has 6 heteroatoms. The minimum Gasteiger partial charge on any atom is -0.382 e. The number of benzene rings is 1. The topological polar surface area (TPSA) is 38.0 Å². The molecule has 1 heterocycles. The van der Waals surface area contributed by atoms with E-state index < -0.39 is 6.10 Å². The zero-order valence-electron chi connectivity index (χ0n) is 8.86. The third kappa shape index (κ3) is 2.59. The monoisotopic (exact) mass is 382 g/mol. The zero-order chi connectivity index (χ0) is 12.6. The van der Waals surface area contributed by atoms with Gasteiger partial charge in [-0.2, -0.15) is 5.10 Å². The second kappa shape index (κ2) is 5.14. The molecule has 1 aromatic heterocycles. The van der Waals surface area contributed by atoms with Gasteiger partial charge in [-0.05, 0) is 40.8 Å². The van der Waals surface area contributed by atoms with E-state index in [0.29, 0.717) is 15.7 Å². The standard InChI is InChI=1S/C11H9Cl2IN2O/c1-16-10(8(13)5-15-16)11(17)7-4-6(12)2-3-9(7)14/h2-5,11,17H,1H3. The summed E-state index contributed by atoms with van der Waals surface area (Å²) in [6.45, 7) is 0. The highest BCUT2D eigenvalue weighted by Crippen LogP contribution is 2.31. The Kier molecular flexibility index (Phi) is 3.97. The molecule has 1 aromatic carbocycles. The fourth-order valence-corrected chi connectivity index (χ4v) is 2.68. The Morgan fingerprint density at radius 3 is 2.71 bits per heavy atom. The molecule has 1 atom stereocenters. The van der Waals surface area contributed by atoms with Crippen molar-refractivity contribution in [2.45, 2.75) is 6.10 Å². The molecule has 0 saturated heterocycles. The van der Waals surface area contributed by atoms with Gasteiger partial charge in [-0.25, -0.2) is 0 Å². The molecular weight excluding hydrogens is 374 g/mol. The average Bonchev–Trinajstić information content (AvgIpc) is 2.61. The lowest BCUT2D eigenvalue weighted by atomic mass is 10.1. The van der Waals surface area contributed by atoms with Gasteiger partial charge in [0.15, 0.2) is 0 Å². The van der Waals surface area contributed by atoms with Gasteiger partial charge in [-0.3, -0.25) is 4.68 Å². The first-order valence-corrected chi connectivity index (χ1v) is 6.64. The summed E-state index contributed by atoms with van der Waals surface area (Å²) in [6, 6.07) is 5.37. The van der Waals surface area contributed by atoms with Gasteiger partial charge >= 0.3 is 0 Å². The highest BCUT2D eigenvalue weighted by atomic mass is 127. The summed E-state index contributed by atoms with van der Waals surface area (Å²) < 4.78 is 2.49. The Bertz CT molecular complexity index is 537.